The molecule has 9 nitrogen and oxygen atoms in total. The van der Waals surface area contributed by atoms with Crippen LogP contribution >= 0.6 is 0 Å². The number of aryl methyl sites for hydroxylation is 1. The van der Waals surface area contributed by atoms with Crippen molar-refractivity contribution in [3.63, 3.8) is 0 Å². The van der Waals surface area contributed by atoms with Gasteiger partial charge in [-0.25, -0.2) is 9.37 Å². The lowest BCUT2D eigenvalue weighted by Crippen LogP contribution is -2.30. The molecule has 0 aliphatic carbocycles. The van der Waals surface area contributed by atoms with E-state index >= 15 is 0 Å². The highest BCUT2D eigenvalue weighted by Gasteiger charge is 2.19. The summed E-state index contributed by atoms with van der Waals surface area (Å²) >= 11 is 0. The molecule has 210 valence electrons. The van der Waals surface area contributed by atoms with Gasteiger partial charge in [0.1, 0.15) is 17.0 Å². The Labute approximate surface area is 241 Å². The van der Waals surface area contributed by atoms with E-state index in [2.05, 4.69) is 35.8 Å². The first kappa shape index (κ1) is 26.0. The summed E-state index contributed by atoms with van der Waals surface area (Å²) in [5.41, 5.74) is 7.49. The Bertz CT molecular complexity index is 1920. The number of benzene rings is 2. The summed E-state index contributed by atoms with van der Waals surface area (Å²) in [7, 11) is 0. The zero-order valence-electron chi connectivity index (χ0n) is 23.0. The number of carbonyl (C=O) groups excluding carboxylic acids is 1. The van der Waals surface area contributed by atoms with Crippen molar-refractivity contribution < 1.29 is 9.18 Å². The molecule has 10 heteroatoms. The summed E-state index contributed by atoms with van der Waals surface area (Å²) in [6, 6.07) is 14.6. The fraction of sp³-hybridized carbons (Fsp3) is 0.219. The molecule has 0 spiro atoms. The molecule has 0 unspecified atom stereocenters. The van der Waals surface area contributed by atoms with E-state index in [1.165, 1.54) is 12.1 Å². The van der Waals surface area contributed by atoms with Crippen LogP contribution in [0.5, 0.6) is 0 Å². The maximum atomic E-state index is 14.2. The van der Waals surface area contributed by atoms with Crippen LogP contribution < -0.4 is 10.6 Å². The molecular formula is C32H29FN8O. The van der Waals surface area contributed by atoms with Crippen LogP contribution in [0.15, 0.2) is 67.1 Å². The SMILES string of the molecule is Cc1cc(F)cc(-c2nccc3[nH]c(-c4n[nH]c5ccc(-c6cncc(NC(=O)CC7CCNCC7)c6)cc45)nc23)c1. The summed E-state index contributed by atoms with van der Waals surface area (Å²) < 4.78 is 14.2. The van der Waals surface area contributed by atoms with E-state index in [0.29, 0.717) is 46.3 Å². The largest absolute Gasteiger partial charge is 0.336 e. The zero-order chi connectivity index (χ0) is 28.6. The van der Waals surface area contributed by atoms with E-state index in [4.69, 9.17) is 4.98 Å². The van der Waals surface area contributed by atoms with Crippen LogP contribution in [-0.2, 0) is 4.79 Å². The normalized spacial score (nSPS) is 14.0. The van der Waals surface area contributed by atoms with Gasteiger partial charge in [-0.2, -0.15) is 5.10 Å². The number of imidazole rings is 1. The van der Waals surface area contributed by atoms with Gasteiger partial charge < -0.3 is 15.6 Å². The number of anilines is 1. The van der Waals surface area contributed by atoms with E-state index in [-0.39, 0.29) is 11.7 Å². The quantitative estimate of drug-likeness (QED) is 0.198. The summed E-state index contributed by atoms with van der Waals surface area (Å²) in [5, 5.41) is 14.9. The Balaban J connectivity index is 1.20. The third-order valence-electron chi connectivity index (χ3n) is 7.79. The minimum absolute atomic E-state index is 0.0144. The molecule has 1 amide bonds. The van der Waals surface area contributed by atoms with Crippen molar-refractivity contribution in [2.45, 2.75) is 26.2 Å². The van der Waals surface area contributed by atoms with Gasteiger partial charge in [0.05, 0.1) is 28.6 Å². The maximum absolute atomic E-state index is 14.2. The van der Waals surface area contributed by atoms with Crippen LogP contribution in [-0.4, -0.2) is 49.1 Å². The number of hydrogen-bond donors (Lipinski definition) is 4. The van der Waals surface area contributed by atoms with Crippen LogP contribution in [0.4, 0.5) is 10.1 Å². The highest BCUT2D eigenvalue weighted by molar-refractivity contribution is 5.98. The van der Waals surface area contributed by atoms with Crippen molar-refractivity contribution in [3.8, 4) is 33.9 Å². The van der Waals surface area contributed by atoms with Gasteiger partial charge in [0, 0.05) is 35.3 Å². The number of nitrogens with zero attached hydrogens (tertiary/aromatic N) is 4. The van der Waals surface area contributed by atoms with E-state index in [0.717, 1.165) is 59.0 Å². The fourth-order valence-electron chi connectivity index (χ4n) is 5.73. The maximum Gasteiger partial charge on any atom is 0.224 e. The minimum atomic E-state index is -0.315. The van der Waals surface area contributed by atoms with E-state index in [9.17, 15) is 9.18 Å². The molecule has 7 rings (SSSR count). The average molecular weight is 561 g/mol. The van der Waals surface area contributed by atoms with Crippen LogP contribution in [0.25, 0.3) is 55.8 Å². The van der Waals surface area contributed by atoms with Crippen LogP contribution in [0.1, 0.15) is 24.8 Å². The van der Waals surface area contributed by atoms with Gasteiger partial charge in [-0.3, -0.25) is 19.9 Å². The highest BCUT2D eigenvalue weighted by Crippen LogP contribution is 2.33. The molecule has 2 aromatic carbocycles. The lowest BCUT2D eigenvalue weighted by atomic mass is 9.94. The number of piperidine rings is 1. The lowest BCUT2D eigenvalue weighted by Gasteiger charge is -2.21. The van der Waals surface area contributed by atoms with Gasteiger partial charge in [0.15, 0.2) is 5.82 Å². The molecule has 1 fully saturated rings. The summed E-state index contributed by atoms with van der Waals surface area (Å²) in [5.74, 6) is 0.686. The molecular weight excluding hydrogens is 531 g/mol. The van der Waals surface area contributed by atoms with Crippen molar-refractivity contribution >= 4 is 33.5 Å². The molecule has 1 aliphatic rings. The number of aromatic nitrogens is 6. The molecule has 4 aromatic heterocycles. The number of rotatable bonds is 6. The number of fused-ring (bicyclic) bond motifs is 2. The number of carbonyl (C=O) groups is 1. The second kappa shape index (κ2) is 10.8. The Kier molecular flexibility index (Phi) is 6.67. The smallest absolute Gasteiger partial charge is 0.224 e. The molecule has 0 atom stereocenters. The Morgan fingerprint density at radius 3 is 2.71 bits per heavy atom. The molecule has 6 aromatic rings. The second-order valence-electron chi connectivity index (χ2n) is 10.9. The first-order valence-corrected chi connectivity index (χ1v) is 14.1. The van der Waals surface area contributed by atoms with Gasteiger partial charge in [0.2, 0.25) is 5.91 Å². The van der Waals surface area contributed by atoms with E-state index in [1.54, 1.807) is 18.6 Å². The molecule has 42 heavy (non-hydrogen) atoms. The van der Waals surface area contributed by atoms with Gasteiger partial charge in [0.25, 0.3) is 0 Å². The summed E-state index contributed by atoms with van der Waals surface area (Å²) in [6.07, 6.45) is 7.70. The van der Waals surface area contributed by atoms with Gasteiger partial charge in [-0.05, 0) is 92.4 Å². The van der Waals surface area contributed by atoms with Gasteiger partial charge in [-0.15, -0.1) is 0 Å². The lowest BCUT2D eigenvalue weighted by molar-refractivity contribution is -0.117. The summed E-state index contributed by atoms with van der Waals surface area (Å²) in [6.45, 7) is 3.78. The van der Waals surface area contributed by atoms with E-state index in [1.807, 2.05) is 43.3 Å². The number of pyridine rings is 2. The van der Waals surface area contributed by atoms with Gasteiger partial charge >= 0.3 is 0 Å². The van der Waals surface area contributed by atoms with Crippen LogP contribution in [0.3, 0.4) is 0 Å². The first-order valence-electron chi connectivity index (χ1n) is 14.1. The number of halogens is 1. The van der Waals surface area contributed by atoms with Crippen molar-refractivity contribution in [1.29, 1.82) is 0 Å². The predicted molar refractivity (Wildman–Crippen MR) is 161 cm³/mol. The minimum Gasteiger partial charge on any atom is -0.336 e. The number of H-pyrrole nitrogens is 2. The van der Waals surface area contributed by atoms with Crippen LogP contribution in [0.2, 0.25) is 0 Å². The fourth-order valence-corrected chi connectivity index (χ4v) is 5.73. The number of amides is 1. The second-order valence-corrected chi connectivity index (χ2v) is 10.9. The average Bonchev–Trinajstić information content (AvgIpc) is 3.61. The monoisotopic (exact) mass is 560 g/mol. The predicted octanol–water partition coefficient (Wildman–Crippen LogP) is 6.01. The van der Waals surface area contributed by atoms with E-state index < -0.39 is 0 Å². The molecule has 1 aliphatic heterocycles. The number of nitrogens with one attached hydrogen (secondary N) is 4. The molecule has 0 saturated carbocycles. The topological polar surface area (TPSA) is 124 Å². The number of aromatic amines is 2. The van der Waals surface area contributed by atoms with Crippen molar-refractivity contribution in [1.82, 2.24) is 35.5 Å². The Morgan fingerprint density at radius 1 is 0.976 bits per heavy atom. The van der Waals surface area contributed by atoms with Crippen molar-refractivity contribution in [2.24, 2.45) is 5.92 Å². The third-order valence-corrected chi connectivity index (χ3v) is 7.79. The van der Waals surface area contributed by atoms with Crippen molar-refractivity contribution in [3.05, 3.63) is 78.5 Å². The molecule has 0 bridgehead atoms. The van der Waals surface area contributed by atoms with Crippen LogP contribution in [0, 0.1) is 18.7 Å². The standard InChI is InChI=1S/C32H29FN8O/c1-18-10-21(13-23(33)11-18)29-31-27(6-9-36-29)38-32(39-31)30-25-15-20(2-3-26(25)40-41-30)22-14-24(17-35-16-22)37-28(42)12-19-4-7-34-8-5-19/h2-3,6,9-11,13-17,19,34H,4-5,7-8,12H2,1H3,(H,37,42)(H,38,39)(H,40,41). The molecule has 1 saturated heterocycles. The number of hydrogen-bond acceptors (Lipinski definition) is 6. The first-order chi connectivity index (χ1) is 20.5. The zero-order valence-corrected chi connectivity index (χ0v) is 23.0. The van der Waals surface area contributed by atoms with Gasteiger partial charge in [-0.1, -0.05) is 6.07 Å². The molecule has 5 heterocycles. The Morgan fingerprint density at radius 2 is 1.86 bits per heavy atom. The van der Waals surface area contributed by atoms with Crippen molar-refractivity contribution in [2.75, 3.05) is 18.4 Å². The Hall–Kier alpha value is -4.96. The third kappa shape index (κ3) is 5.12. The molecule has 0 radical (unpaired) electrons. The summed E-state index contributed by atoms with van der Waals surface area (Å²) in [4.78, 5) is 29.8. The highest BCUT2D eigenvalue weighted by atomic mass is 19.1. The molecule has 4 N–H and O–H groups in total.